The zero-order chi connectivity index (χ0) is 7.11. The summed E-state index contributed by atoms with van der Waals surface area (Å²) in [5, 5.41) is 0. The first-order chi connectivity index (χ1) is 4.27. The van der Waals surface area contributed by atoms with Crippen LogP contribution in [-0.2, 0) is 12.3 Å². The summed E-state index contributed by atoms with van der Waals surface area (Å²) in [7, 11) is -1.21. The summed E-state index contributed by atoms with van der Waals surface area (Å²) in [6, 6.07) is 0. The zero-order valence-electron chi connectivity index (χ0n) is 6.22. The highest BCUT2D eigenvalue weighted by Crippen LogP contribution is 1.80. The highest BCUT2D eigenvalue weighted by Gasteiger charge is 1.93. The van der Waals surface area contributed by atoms with Crippen LogP contribution in [0.5, 0.6) is 0 Å². The molecule has 0 fully saturated rings. The van der Waals surface area contributed by atoms with Crippen LogP contribution in [0.4, 0.5) is 0 Å². The Morgan fingerprint density at radius 1 is 1.33 bits per heavy atom. The predicted octanol–water partition coefficient (Wildman–Crippen LogP) is -2.70. The molecule has 0 bridgehead atoms. The molecule has 0 aromatic heterocycles. The van der Waals surface area contributed by atoms with E-state index < -0.39 is 29.1 Å². The molecule has 7 heteroatoms. The second-order valence-corrected chi connectivity index (χ2v) is 9.79. The number of hydrogen-bond donors (Lipinski definition) is 0. The average Bonchev–Trinajstić information content (AvgIpc) is 1.80. The first-order valence-electron chi connectivity index (χ1n) is 2.95. The van der Waals surface area contributed by atoms with Gasteiger partial charge in [-0.05, 0) is 13.1 Å². The van der Waals surface area contributed by atoms with E-state index in [4.69, 9.17) is 12.3 Å². The maximum atomic E-state index is 5.37. The van der Waals surface area contributed by atoms with Gasteiger partial charge in [0.05, 0.1) is 0 Å². The van der Waals surface area contributed by atoms with E-state index >= 15 is 0 Å². The van der Waals surface area contributed by atoms with Crippen molar-refractivity contribution in [3.63, 3.8) is 0 Å². The third-order valence-corrected chi connectivity index (χ3v) is 6.17. The summed E-state index contributed by atoms with van der Waals surface area (Å²) < 4.78 is 15.5. The molecule has 0 saturated carbocycles. The predicted molar refractivity (Wildman–Crippen MR) is 49.2 cm³/mol. The minimum Gasteiger partial charge on any atom is -0.449 e. The van der Waals surface area contributed by atoms with Crippen molar-refractivity contribution in [2.75, 3.05) is 0 Å². The van der Waals surface area contributed by atoms with Gasteiger partial charge in [-0.25, -0.2) is 0 Å². The third kappa shape index (κ3) is 8.75. The lowest BCUT2D eigenvalue weighted by Crippen LogP contribution is -2.16. The maximum absolute atomic E-state index is 5.37. The van der Waals surface area contributed by atoms with Crippen LogP contribution in [-0.4, -0.2) is 39.5 Å². The van der Waals surface area contributed by atoms with E-state index in [-0.39, 0.29) is 0 Å². The highest BCUT2D eigenvalue weighted by molar-refractivity contribution is 6.56. The van der Waals surface area contributed by atoms with Crippen molar-refractivity contribution in [1.29, 1.82) is 0 Å². The van der Waals surface area contributed by atoms with Gasteiger partial charge in [0.25, 0.3) is 20.0 Å². The van der Waals surface area contributed by atoms with Gasteiger partial charge < -0.3 is 12.3 Å². The molecule has 0 aliphatic heterocycles. The van der Waals surface area contributed by atoms with Gasteiger partial charge in [-0.1, -0.05) is 0 Å². The Labute approximate surface area is 65.5 Å². The third-order valence-electron chi connectivity index (χ3n) is 0.686. The quantitative estimate of drug-likeness (QED) is 0.355. The van der Waals surface area contributed by atoms with Gasteiger partial charge in [0.2, 0.25) is 0 Å². The van der Waals surface area contributed by atoms with Crippen molar-refractivity contribution in [3.05, 3.63) is 0 Å². The molecular weight excluding hydrogens is 184 g/mol. The van der Waals surface area contributed by atoms with E-state index in [9.17, 15) is 0 Å². The molecule has 0 aromatic carbocycles. The fourth-order valence-electron chi connectivity index (χ4n) is 0.302. The van der Waals surface area contributed by atoms with Crippen molar-refractivity contribution >= 4 is 39.5 Å². The van der Waals surface area contributed by atoms with Gasteiger partial charge in [-0.2, -0.15) is 0 Å². The summed E-state index contributed by atoms with van der Waals surface area (Å²) in [6.07, 6.45) is 0. The van der Waals surface area contributed by atoms with Crippen LogP contribution in [0.25, 0.3) is 0 Å². The van der Waals surface area contributed by atoms with Gasteiger partial charge in [0, 0.05) is 0 Å². The van der Waals surface area contributed by atoms with Gasteiger partial charge >= 0.3 is 0 Å². The molecule has 0 saturated heterocycles. The topological polar surface area (TPSA) is 27.7 Å². The molecule has 56 valence electrons. The van der Waals surface area contributed by atoms with E-state index in [0.717, 1.165) is 10.5 Å². The van der Waals surface area contributed by atoms with Crippen LogP contribution in [0.1, 0.15) is 0 Å². The molecule has 0 atom stereocenters. The van der Waals surface area contributed by atoms with Crippen molar-refractivity contribution < 1.29 is 12.3 Å². The normalized spacial score (nSPS) is 13.7. The maximum Gasteiger partial charge on any atom is 0.284 e. The Morgan fingerprint density at radius 2 is 2.00 bits per heavy atom. The molecule has 0 rings (SSSR count). The molecule has 0 aromatic rings. The molecule has 0 N–H and O–H groups in total. The minimum atomic E-state index is -0.798. The van der Waals surface area contributed by atoms with E-state index in [1.54, 1.807) is 0 Å². The molecule has 0 aliphatic carbocycles. The number of rotatable bonds is 5. The first-order valence-corrected chi connectivity index (χ1v) is 8.86. The molecule has 0 heterocycles. The first kappa shape index (κ1) is 9.75. The lowest BCUT2D eigenvalue weighted by molar-refractivity contribution is 0.434. The van der Waals surface area contributed by atoms with Crippen molar-refractivity contribution in [2.24, 2.45) is 0 Å². The monoisotopic (exact) mass is 198 g/mol. The van der Waals surface area contributed by atoms with Gasteiger partial charge in [0.15, 0.2) is 9.04 Å². The fourth-order valence-corrected chi connectivity index (χ4v) is 5.08. The van der Waals surface area contributed by atoms with Crippen LogP contribution in [0.3, 0.4) is 0 Å². The van der Waals surface area contributed by atoms with Crippen LogP contribution in [0.2, 0.25) is 13.1 Å². The van der Waals surface area contributed by atoms with Crippen LogP contribution in [0, 0.1) is 0 Å². The van der Waals surface area contributed by atoms with Crippen LogP contribution < -0.4 is 0 Å². The van der Waals surface area contributed by atoms with E-state index in [2.05, 4.69) is 13.1 Å². The molecule has 0 amide bonds. The SMILES string of the molecule is C[SiH](C)O[SiH2]O[SiH2]O[SiH3]. The van der Waals surface area contributed by atoms with Gasteiger partial charge in [-0.3, -0.25) is 0 Å². The standard InChI is InChI=1S/C2H14O3Si4/c1-9(2)5-8-4-7-3-6/h9H,7-8H2,1-2,6H3. The van der Waals surface area contributed by atoms with Crippen LogP contribution in [0.15, 0.2) is 0 Å². The Kier molecular flexibility index (Phi) is 7.43. The Morgan fingerprint density at radius 3 is 2.44 bits per heavy atom. The average molecular weight is 198 g/mol. The molecular formula is C2H14O3Si4. The molecule has 0 unspecified atom stereocenters. The highest BCUT2D eigenvalue weighted by atomic mass is 28.4. The van der Waals surface area contributed by atoms with Crippen molar-refractivity contribution in [1.82, 2.24) is 0 Å². The van der Waals surface area contributed by atoms with E-state index in [1.807, 2.05) is 0 Å². The Hall–Kier alpha value is 0.748. The van der Waals surface area contributed by atoms with Crippen molar-refractivity contribution in [3.8, 4) is 0 Å². The Balaban J connectivity index is 2.75. The summed E-state index contributed by atoms with van der Waals surface area (Å²) >= 11 is 0. The van der Waals surface area contributed by atoms with E-state index in [0.29, 0.717) is 0 Å². The molecule has 3 nitrogen and oxygen atoms in total. The smallest absolute Gasteiger partial charge is 0.284 e. The second kappa shape index (κ2) is 6.86. The Bertz CT molecular complexity index is 59.8. The molecule has 9 heavy (non-hydrogen) atoms. The van der Waals surface area contributed by atoms with E-state index in [1.165, 1.54) is 0 Å². The van der Waals surface area contributed by atoms with Gasteiger partial charge in [0.1, 0.15) is 10.5 Å². The van der Waals surface area contributed by atoms with Gasteiger partial charge in [-0.15, -0.1) is 0 Å². The minimum absolute atomic E-state index is 0.601. The summed E-state index contributed by atoms with van der Waals surface area (Å²) in [4.78, 5) is 0. The number of hydrogen-bond acceptors (Lipinski definition) is 3. The fraction of sp³-hybridized carbons (Fsp3) is 1.00. The second-order valence-electron chi connectivity index (χ2n) is 1.94. The summed E-state index contributed by atoms with van der Waals surface area (Å²) in [6.45, 7) is 4.30. The van der Waals surface area contributed by atoms with Crippen LogP contribution >= 0.6 is 0 Å². The summed E-state index contributed by atoms with van der Waals surface area (Å²) in [5.41, 5.74) is 0. The lowest BCUT2D eigenvalue weighted by atomic mass is 11.9. The molecule has 0 radical (unpaired) electrons. The lowest BCUT2D eigenvalue weighted by Gasteiger charge is -2.05. The summed E-state index contributed by atoms with van der Waals surface area (Å²) in [5.74, 6) is 0. The largest absolute Gasteiger partial charge is 0.449 e. The zero-order valence-corrected chi connectivity index (χ0v) is 12.2. The van der Waals surface area contributed by atoms with Crippen molar-refractivity contribution in [2.45, 2.75) is 13.1 Å². The molecule has 0 spiro atoms. The molecule has 0 aliphatic rings.